The number of esters is 1. The topological polar surface area (TPSA) is 68.3 Å². The summed E-state index contributed by atoms with van der Waals surface area (Å²) in [5, 5.41) is 3.01. The number of amides is 1. The second kappa shape index (κ2) is 11.1. The predicted octanol–water partition coefficient (Wildman–Crippen LogP) is 4.65. The van der Waals surface area contributed by atoms with Crippen LogP contribution in [0.3, 0.4) is 0 Å². The van der Waals surface area contributed by atoms with Gasteiger partial charge in [0.05, 0.1) is 25.0 Å². The normalized spacial score (nSPS) is 27.1. The summed E-state index contributed by atoms with van der Waals surface area (Å²) >= 11 is 0. The van der Waals surface area contributed by atoms with E-state index in [2.05, 4.69) is 34.6 Å². The van der Waals surface area contributed by atoms with Crippen molar-refractivity contribution in [2.45, 2.75) is 69.3 Å². The first-order chi connectivity index (χ1) is 17.6. The summed E-state index contributed by atoms with van der Waals surface area (Å²) in [5.41, 5.74) is 1.09. The summed E-state index contributed by atoms with van der Waals surface area (Å²) in [6, 6.07) is 15.8. The zero-order chi connectivity index (χ0) is 24.8. The molecule has 1 unspecified atom stereocenters. The predicted molar refractivity (Wildman–Crippen MR) is 139 cm³/mol. The number of piperidine rings is 3. The van der Waals surface area contributed by atoms with E-state index in [1.165, 1.54) is 12.8 Å². The number of carbonyl (C=O) groups is 2. The largest absolute Gasteiger partial charge is 0.455 e. The van der Waals surface area contributed by atoms with Crippen molar-refractivity contribution >= 4 is 11.9 Å². The number of pyridine rings is 1. The second-order valence-electron chi connectivity index (χ2n) is 11.2. The maximum Gasteiger partial charge on any atom is 0.317 e. The molecule has 6 heteroatoms. The lowest BCUT2D eigenvalue weighted by atomic mass is 9.74. The number of ether oxygens (including phenoxy) is 1. The highest BCUT2D eigenvalue weighted by Gasteiger charge is 2.50. The van der Waals surface area contributed by atoms with Crippen molar-refractivity contribution in [3.05, 3.63) is 66.0 Å². The Morgan fingerprint density at radius 1 is 0.972 bits per heavy atom. The molecule has 36 heavy (non-hydrogen) atoms. The molecular weight excluding hydrogens is 450 g/mol. The summed E-state index contributed by atoms with van der Waals surface area (Å²) in [6.45, 7) is 4.86. The molecule has 1 atom stereocenters. The molecule has 4 heterocycles. The molecule has 4 aliphatic rings. The molecule has 1 aliphatic carbocycles. The number of quaternary nitrogens is 1. The lowest BCUT2D eigenvalue weighted by Crippen LogP contribution is -2.65. The number of fused-ring (bicyclic) bond motifs is 3. The molecule has 1 saturated carbocycles. The van der Waals surface area contributed by atoms with Crippen molar-refractivity contribution in [1.29, 1.82) is 0 Å². The van der Waals surface area contributed by atoms with E-state index in [-0.39, 0.29) is 18.0 Å². The minimum atomic E-state index is -0.496. The van der Waals surface area contributed by atoms with Gasteiger partial charge in [0.1, 0.15) is 12.2 Å². The summed E-state index contributed by atoms with van der Waals surface area (Å²) in [6.07, 6.45) is 11.2. The third-order valence-corrected chi connectivity index (χ3v) is 8.97. The number of carbonyl (C=O) groups excluding carboxylic acids is 2. The number of hydrogen-bond acceptors (Lipinski definition) is 4. The molecule has 0 radical (unpaired) electrons. The molecule has 1 aromatic carbocycles. The molecule has 0 spiro atoms. The molecule has 1 amide bonds. The van der Waals surface area contributed by atoms with E-state index in [0.29, 0.717) is 18.2 Å². The van der Waals surface area contributed by atoms with Gasteiger partial charge < -0.3 is 14.5 Å². The van der Waals surface area contributed by atoms with Gasteiger partial charge in [-0.25, -0.2) is 0 Å². The van der Waals surface area contributed by atoms with Gasteiger partial charge in [-0.05, 0) is 30.5 Å². The Kier molecular flexibility index (Phi) is 7.70. The van der Waals surface area contributed by atoms with Crippen LogP contribution in [-0.2, 0) is 14.9 Å². The van der Waals surface area contributed by atoms with Gasteiger partial charge >= 0.3 is 5.97 Å². The molecule has 3 saturated heterocycles. The van der Waals surface area contributed by atoms with Crippen molar-refractivity contribution in [3.8, 4) is 0 Å². The second-order valence-corrected chi connectivity index (χ2v) is 11.2. The Labute approximate surface area is 215 Å². The first kappa shape index (κ1) is 24.9. The van der Waals surface area contributed by atoms with Crippen LogP contribution in [0, 0.1) is 5.92 Å². The zero-order valence-corrected chi connectivity index (χ0v) is 21.4. The lowest BCUT2D eigenvalue weighted by Gasteiger charge is -2.52. The van der Waals surface area contributed by atoms with Gasteiger partial charge in [-0.2, -0.15) is 0 Å². The maximum atomic E-state index is 13.9. The van der Waals surface area contributed by atoms with Crippen LogP contribution >= 0.6 is 0 Å². The number of nitrogens with zero attached hydrogens (tertiary/aromatic N) is 2. The fourth-order valence-corrected chi connectivity index (χ4v) is 6.82. The van der Waals surface area contributed by atoms with Gasteiger partial charge in [-0.3, -0.25) is 14.6 Å². The van der Waals surface area contributed by atoms with Gasteiger partial charge in [-0.15, -0.1) is 0 Å². The minimum Gasteiger partial charge on any atom is -0.455 e. The van der Waals surface area contributed by atoms with E-state index in [1.54, 1.807) is 12.3 Å². The van der Waals surface area contributed by atoms with Crippen LogP contribution in [0.15, 0.2) is 54.7 Å². The van der Waals surface area contributed by atoms with E-state index in [9.17, 15) is 9.59 Å². The molecule has 192 valence electrons. The minimum absolute atomic E-state index is 0.00644. The first-order valence-corrected chi connectivity index (χ1v) is 13.9. The van der Waals surface area contributed by atoms with Gasteiger partial charge in [-0.1, -0.05) is 62.1 Å². The molecule has 4 fully saturated rings. The Bertz CT molecular complexity index is 1010. The molecule has 3 aliphatic heterocycles. The van der Waals surface area contributed by atoms with Crippen LogP contribution in [0.4, 0.5) is 0 Å². The van der Waals surface area contributed by atoms with E-state index in [4.69, 9.17) is 4.74 Å². The molecule has 1 aromatic heterocycles. The number of aromatic nitrogens is 1. The van der Waals surface area contributed by atoms with Crippen molar-refractivity contribution < 1.29 is 18.8 Å². The van der Waals surface area contributed by atoms with Crippen LogP contribution in [0.1, 0.15) is 73.8 Å². The van der Waals surface area contributed by atoms with Gasteiger partial charge in [0.15, 0.2) is 6.10 Å². The molecule has 1 N–H and O–H groups in total. The Morgan fingerprint density at radius 3 is 2.39 bits per heavy atom. The van der Waals surface area contributed by atoms with Crippen LogP contribution in [0.5, 0.6) is 0 Å². The highest BCUT2D eigenvalue weighted by molar-refractivity contribution is 5.92. The average Bonchev–Trinajstić information content (AvgIpc) is 3.20. The average molecular weight is 491 g/mol. The van der Waals surface area contributed by atoms with Crippen molar-refractivity contribution in [2.75, 3.05) is 32.7 Å². The lowest BCUT2D eigenvalue weighted by molar-refractivity contribution is -0.946. The van der Waals surface area contributed by atoms with Crippen LogP contribution in [0.2, 0.25) is 0 Å². The number of nitrogens with one attached hydrogen (secondary N) is 1. The quantitative estimate of drug-likeness (QED) is 0.253. The standard InChI is InChI=1S/C30H39N3O3/c34-28(26-13-6-9-18-31-26)32-19-10-20-33-21-14-24(15-22-33)27(23-33)36-29(35)30(16-7-1-2-8-17-30)25-11-4-3-5-12-25/h3-6,9,11-13,18,24,27H,1-2,7-8,10,14-17,19-23H2/p+1. The molecule has 6 nitrogen and oxygen atoms in total. The van der Waals surface area contributed by atoms with Crippen LogP contribution in [0.25, 0.3) is 0 Å². The molecule has 2 bridgehead atoms. The Balaban J connectivity index is 1.20. The van der Waals surface area contributed by atoms with E-state index < -0.39 is 5.41 Å². The number of hydrogen-bond donors (Lipinski definition) is 1. The fourth-order valence-electron chi connectivity index (χ4n) is 6.82. The molecule has 6 rings (SSSR count). The van der Waals surface area contributed by atoms with Crippen LogP contribution < -0.4 is 5.32 Å². The first-order valence-electron chi connectivity index (χ1n) is 13.9. The summed E-state index contributed by atoms with van der Waals surface area (Å²) in [4.78, 5) is 30.3. The molecular formula is C30H40N3O3+. The monoisotopic (exact) mass is 490 g/mol. The third kappa shape index (κ3) is 5.34. The Hall–Kier alpha value is -2.73. The third-order valence-electron chi connectivity index (χ3n) is 8.97. The maximum absolute atomic E-state index is 13.9. The number of rotatable bonds is 8. The number of benzene rings is 1. The van der Waals surface area contributed by atoms with Crippen molar-refractivity contribution in [2.24, 2.45) is 5.92 Å². The zero-order valence-electron chi connectivity index (χ0n) is 21.4. The van der Waals surface area contributed by atoms with Crippen molar-refractivity contribution in [3.63, 3.8) is 0 Å². The summed E-state index contributed by atoms with van der Waals surface area (Å²) in [5.74, 6) is 0.376. The molecule has 2 aromatic rings. The fraction of sp³-hybridized carbons (Fsp3) is 0.567. The smallest absolute Gasteiger partial charge is 0.317 e. The van der Waals surface area contributed by atoms with Crippen molar-refractivity contribution in [1.82, 2.24) is 10.3 Å². The van der Waals surface area contributed by atoms with Gasteiger partial charge in [0, 0.05) is 37.9 Å². The van der Waals surface area contributed by atoms with E-state index in [1.807, 2.05) is 18.2 Å². The van der Waals surface area contributed by atoms with Crippen LogP contribution in [-0.4, -0.2) is 60.2 Å². The van der Waals surface area contributed by atoms with Gasteiger partial charge in [0.25, 0.3) is 5.91 Å². The van der Waals surface area contributed by atoms with E-state index in [0.717, 1.165) is 81.2 Å². The highest BCUT2D eigenvalue weighted by Crippen LogP contribution is 2.42. The Morgan fingerprint density at radius 2 is 1.69 bits per heavy atom. The summed E-state index contributed by atoms with van der Waals surface area (Å²) in [7, 11) is 0. The van der Waals surface area contributed by atoms with Gasteiger partial charge in [0.2, 0.25) is 0 Å². The SMILES string of the molecule is O=C(NCCC[N+]12CCC(CC1)C(OC(=O)C1(c3ccccc3)CCCCCC1)C2)c1ccccn1. The highest BCUT2D eigenvalue weighted by atomic mass is 16.5. The summed E-state index contributed by atoms with van der Waals surface area (Å²) < 4.78 is 7.48. The van der Waals surface area contributed by atoms with E-state index >= 15 is 0 Å².